The molecule has 14 heavy (non-hydrogen) atoms. The van der Waals surface area contributed by atoms with Crippen molar-refractivity contribution in [3.8, 4) is 5.75 Å². The van der Waals surface area contributed by atoms with Gasteiger partial charge in [0, 0.05) is 6.54 Å². The second-order valence-corrected chi connectivity index (χ2v) is 3.46. The maximum atomic E-state index is 5.65. The molecule has 1 aromatic rings. The lowest BCUT2D eigenvalue weighted by atomic mass is 10.1. The number of hydrogen-bond donors (Lipinski definition) is 2. The van der Waals surface area contributed by atoms with E-state index in [4.69, 9.17) is 10.6 Å². The summed E-state index contributed by atoms with van der Waals surface area (Å²) < 4.78 is 5.65. The van der Waals surface area contributed by atoms with E-state index in [0.29, 0.717) is 13.2 Å². The zero-order chi connectivity index (χ0) is 10.6. The molecular formula is C11H18N2O. The van der Waals surface area contributed by atoms with Crippen LogP contribution in [0.3, 0.4) is 0 Å². The smallest absolute Gasteiger partial charge is 0.125 e. The van der Waals surface area contributed by atoms with Gasteiger partial charge in [-0.2, -0.15) is 0 Å². The average Bonchev–Trinajstić information content (AvgIpc) is 2.18. The van der Waals surface area contributed by atoms with Gasteiger partial charge in [0.15, 0.2) is 0 Å². The molecule has 0 spiro atoms. The molecule has 0 aliphatic carbocycles. The van der Waals surface area contributed by atoms with Crippen LogP contribution < -0.4 is 16.0 Å². The van der Waals surface area contributed by atoms with Crippen LogP contribution in [0, 0.1) is 20.8 Å². The Morgan fingerprint density at radius 3 is 2.50 bits per heavy atom. The summed E-state index contributed by atoms with van der Waals surface area (Å²) in [7, 11) is 0. The Balaban J connectivity index is 2.79. The molecule has 0 unspecified atom stereocenters. The standard InChI is InChI=1S/C11H18N2O/c1-8-4-5-9(2)11(10(8)3)14-7-6-13-12/h4-5,13H,6-7,12H2,1-3H3. The number of ether oxygens (including phenoxy) is 1. The predicted octanol–water partition coefficient (Wildman–Crippen LogP) is 1.45. The lowest BCUT2D eigenvalue weighted by Crippen LogP contribution is -2.27. The van der Waals surface area contributed by atoms with E-state index in [9.17, 15) is 0 Å². The van der Waals surface area contributed by atoms with Crippen LogP contribution in [0.2, 0.25) is 0 Å². The molecule has 1 aromatic carbocycles. The Hall–Kier alpha value is -1.06. The third-order valence-corrected chi connectivity index (χ3v) is 2.37. The van der Waals surface area contributed by atoms with E-state index in [1.807, 2.05) is 0 Å². The number of nitrogens with one attached hydrogen (secondary N) is 1. The van der Waals surface area contributed by atoms with E-state index in [0.717, 1.165) is 5.75 Å². The molecule has 0 saturated heterocycles. The Bertz CT molecular complexity index is 310. The van der Waals surface area contributed by atoms with Crippen molar-refractivity contribution in [3.63, 3.8) is 0 Å². The van der Waals surface area contributed by atoms with Gasteiger partial charge in [-0.25, -0.2) is 0 Å². The molecule has 3 nitrogen and oxygen atoms in total. The molecular weight excluding hydrogens is 176 g/mol. The number of nitrogens with two attached hydrogens (primary N) is 1. The lowest BCUT2D eigenvalue weighted by molar-refractivity contribution is 0.311. The van der Waals surface area contributed by atoms with Gasteiger partial charge >= 0.3 is 0 Å². The summed E-state index contributed by atoms with van der Waals surface area (Å²) in [5.74, 6) is 6.16. The van der Waals surface area contributed by atoms with Crippen LogP contribution in [0.25, 0.3) is 0 Å². The molecule has 0 fully saturated rings. The summed E-state index contributed by atoms with van der Waals surface area (Å²) in [6.07, 6.45) is 0. The van der Waals surface area contributed by atoms with Crippen molar-refractivity contribution in [1.82, 2.24) is 5.43 Å². The predicted molar refractivity (Wildman–Crippen MR) is 58.3 cm³/mol. The van der Waals surface area contributed by atoms with Gasteiger partial charge in [0.1, 0.15) is 12.4 Å². The second-order valence-electron chi connectivity index (χ2n) is 3.46. The molecule has 78 valence electrons. The number of aryl methyl sites for hydroxylation is 2. The van der Waals surface area contributed by atoms with E-state index in [1.54, 1.807) is 0 Å². The van der Waals surface area contributed by atoms with Gasteiger partial charge in [-0.05, 0) is 37.5 Å². The van der Waals surface area contributed by atoms with E-state index >= 15 is 0 Å². The van der Waals surface area contributed by atoms with Crippen molar-refractivity contribution in [2.24, 2.45) is 5.84 Å². The Morgan fingerprint density at radius 2 is 1.86 bits per heavy atom. The van der Waals surface area contributed by atoms with Crippen molar-refractivity contribution < 1.29 is 4.74 Å². The fraction of sp³-hybridized carbons (Fsp3) is 0.455. The molecule has 0 radical (unpaired) electrons. The highest BCUT2D eigenvalue weighted by Gasteiger charge is 2.05. The highest BCUT2D eigenvalue weighted by Crippen LogP contribution is 2.25. The number of hydrogen-bond acceptors (Lipinski definition) is 3. The first-order valence-electron chi connectivity index (χ1n) is 4.80. The van der Waals surface area contributed by atoms with Crippen molar-refractivity contribution >= 4 is 0 Å². The summed E-state index contributed by atoms with van der Waals surface area (Å²) in [5.41, 5.74) is 6.20. The molecule has 1 rings (SSSR count). The summed E-state index contributed by atoms with van der Waals surface area (Å²) in [6, 6.07) is 4.19. The Kier molecular flexibility index (Phi) is 3.92. The van der Waals surface area contributed by atoms with Crippen LogP contribution in [0.5, 0.6) is 5.75 Å². The average molecular weight is 194 g/mol. The van der Waals surface area contributed by atoms with Gasteiger partial charge in [0.05, 0.1) is 0 Å². The van der Waals surface area contributed by atoms with Gasteiger partial charge in [-0.15, -0.1) is 0 Å². The minimum Gasteiger partial charge on any atom is -0.492 e. The summed E-state index contributed by atoms with van der Waals surface area (Å²) in [6.45, 7) is 7.47. The third kappa shape index (κ3) is 2.47. The first kappa shape index (κ1) is 11.0. The number of hydrazine groups is 1. The van der Waals surface area contributed by atoms with Crippen molar-refractivity contribution in [1.29, 1.82) is 0 Å². The minimum atomic E-state index is 0.599. The zero-order valence-corrected chi connectivity index (χ0v) is 9.05. The fourth-order valence-electron chi connectivity index (χ4n) is 1.36. The molecule has 3 N–H and O–H groups in total. The summed E-state index contributed by atoms with van der Waals surface area (Å²) in [4.78, 5) is 0. The molecule has 0 atom stereocenters. The largest absolute Gasteiger partial charge is 0.492 e. The molecule has 0 heterocycles. The molecule has 0 aliphatic heterocycles. The summed E-state index contributed by atoms with van der Waals surface area (Å²) >= 11 is 0. The Labute approximate surface area is 85.2 Å². The third-order valence-electron chi connectivity index (χ3n) is 2.37. The highest BCUT2D eigenvalue weighted by molar-refractivity contribution is 5.44. The first-order chi connectivity index (χ1) is 6.66. The maximum Gasteiger partial charge on any atom is 0.125 e. The SMILES string of the molecule is Cc1ccc(C)c(OCCNN)c1C. The highest BCUT2D eigenvalue weighted by atomic mass is 16.5. The van der Waals surface area contributed by atoms with E-state index in [2.05, 4.69) is 38.3 Å². The second kappa shape index (κ2) is 4.98. The lowest BCUT2D eigenvalue weighted by Gasteiger charge is -2.13. The van der Waals surface area contributed by atoms with Crippen LogP contribution in [-0.4, -0.2) is 13.2 Å². The number of rotatable bonds is 4. The Morgan fingerprint density at radius 1 is 1.21 bits per heavy atom. The molecule has 0 amide bonds. The first-order valence-corrected chi connectivity index (χ1v) is 4.80. The van der Waals surface area contributed by atoms with Gasteiger partial charge in [0.25, 0.3) is 0 Å². The van der Waals surface area contributed by atoms with Gasteiger partial charge in [0.2, 0.25) is 0 Å². The van der Waals surface area contributed by atoms with Gasteiger partial charge in [-0.1, -0.05) is 12.1 Å². The molecule has 0 aliphatic rings. The van der Waals surface area contributed by atoms with Crippen LogP contribution in [0.1, 0.15) is 16.7 Å². The number of benzene rings is 1. The van der Waals surface area contributed by atoms with Gasteiger partial charge in [-0.3, -0.25) is 11.3 Å². The van der Waals surface area contributed by atoms with E-state index in [-0.39, 0.29) is 0 Å². The zero-order valence-electron chi connectivity index (χ0n) is 9.05. The quantitative estimate of drug-likeness (QED) is 0.433. The van der Waals surface area contributed by atoms with E-state index < -0.39 is 0 Å². The van der Waals surface area contributed by atoms with Crippen LogP contribution in [-0.2, 0) is 0 Å². The van der Waals surface area contributed by atoms with Crippen molar-refractivity contribution in [3.05, 3.63) is 28.8 Å². The fourth-order valence-corrected chi connectivity index (χ4v) is 1.36. The maximum absolute atomic E-state index is 5.65. The monoisotopic (exact) mass is 194 g/mol. The topological polar surface area (TPSA) is 47.3 Å². The normalized spacial score (nSPS) is 10.3. The van der Waals surface area contributed by atoms with Crippen LogP contribution >= 0.6 is 0 Å². The molecule has 0 saturated carbocycles. The molecule has 0 aromatic heterocycles. The van der Waals surface area contributed by atoms with Crippen molar-refractivity contribution in [2.75, 3.05) is 13.2 Å². The minimum absolute atomic E-state index is 0.599. The molecule has 3 heteroatoms. The van der Waals surface area contributed by atoms with Gasteiger partial charge < -0.3 is 4.74 Å². The van der Waals surface area contributed by atoms with Crippen molar-refractivity contribution in [2.45, 2.75) is 20.8 Å². The van der Waals surface area contributed by atoms with Crippen LogP contribution in [0.4, 0.5) is 0 Å². The van der Waals surface area contributed by atoms with Crippen LogP contribution in [0.15, 0.2) is 12.1 Å². The summed E-state index contributed by atoms with van der Waals surface area (Å²) in [5, 5.41) is 0. The molecule has 0 bridgehead atoms. The van der Waals surface area contributed by atoms with E-state index in [1.165, 1.54) is 16.7 Å².